The van der Waals surface area contributed by atoms with E-state index in [0.717, 1.165) is 33.9 Å². The lowest BCUT2D eigenvalue weighted by atomic mass is 9.93. The molecular formula is C23H31NO3S. The maximum absolute atomic E-state index is 12.4. The van der Waals surface area contributed by atoms with Gasteiger partial charge in [-0.05, 0) is 66.3 Å². The number of aryl methyl sites for hydroxylation is 1. The number of ether oxygens (including phenoxy) is 2. The molecule has 0 saturated heterocycles. The molecule has 0 heterocycles. The molecule has 4 nitrogen and oxygen atoms in total. The number of carbonyl (C=O) groups is 1. The number of amides is 1. The third kappa shape index (κ3) is 5.93. The number of nitrogens with one attached hydrogen (secondary N) is 1. The highest BCUT2D eigenvalue weighted by Crippen LogP contribution is 2.32. The summed E-state index contributed by atoms with van der Waals surface area (Å²) in [4.78, 5) is 12.4. The predicted molar refractivity (Wildman–Crippen MR) is 118 cm³/mol. The Morgan fingerprint density at radius 2 is 1.71 bits per heavy atom. The zero-order valence-corrected chi connectivity index (χ0v) is 18.5. The van der Waals surface area contributed by atoms with Crippen LogP contribution in [0.15, 0.2) is 36.4 Å². The van der Waals surface area contributed by atoms with Gasteiger partial charge in [0, 0.05) is 5.75 Å². The second-order valence-electron chi connectivity index (χ2n) is 7.24. The van der Waals surface area contributed by atoms with Crippen molar-refractivity contribution < 1.29 is 14.3 Å². The summed E-state index contributed by atoms with van der Waals surface area (Å²) in [5.41, 5.74) is 4.61. The average molecular weight is 402 g/mol. The quantitative estimate of drug-likeness (QED) is 0.624. The smallest absolute Gasteiger partial charge is 0.230 e. The minimum absolute atomic E-state index is 0.0440. The Hall–Kier alpha value is -2.14. The molecule has 0 aromatic heterocycles. The molecule has 0 aliphatic carbocycles. The monoisotopic (exact) mass is 401 g/mol. The van der Waals surface area contributed by atoms with Gasteiger partial charge in [0.1, 0.15) is 11.5 Å². The van der Waals surface area contributed by atoms with E-state index in [4.69, 9.17) is 9.47 Å². The summed E-state index contributed by atoms with van der Waals surface area (Å²) in [6, 6.07) is 12.1. The van der Waals surface area contributed by atoms with E-state index in [9.17, 15) is 4.79 Å². The van der Waals surface area contributed by atoms with Crippen molar-refractivity contribution in [2.24, 2.45) is 0 Å². The van der Waals surface area contributed by atoms with E-state index in [1.54, 1.807) is 26.0 Å². The number of hydrogen-bond acceptors (Lipinski definition) is 4. The Morgan fingerprint density at radius 1 is 1.04 bits per heavy atom. The maximum atomic E-state index is 12.4. The van der Waals surface area contributed by atoms with E-state index in [2.05, 4.69) is 38.2 Å². The summed E-state index contributed by atoms with van der Waals surface area (Å²) in [5.74, 6) is 3.39. The maximum Gasteiger partial charge on any atom is 0.230 e. The molecule has 0 spiro atoms. The van der Waals surface area contributed by atoms with Gasteiger partial charge in [0.25, 0.3) is 0 Å². The van der Waals surface area contributed by atoms with Crippen molar-refractivity contribution in [3.63, 3.8) is 0 Å². The second kappa shape index (κ2) is 10.4. The lowest BCUT2D eigenvalue weighted by molar-refractivity contribution is -0.119. The summed E-state index contributed by atoms with van der Waals surface area (Å²) in [5, 5.41) is 3.12. The zero-order chi connectivity index (χ0) is 20.7. The molecule has 0 aliphatic heterocycles. The molecule has 0 fully saturated rings. The molecule has 1 atom stereocenters. The minimum atomic E-state index is -0.0440. The zero-order valence-electron chi connectivity index (χ0n) is 17.7. The Bertz CT molecular complexity index is 787. The van der Waals surface area contributed by atoms with E-state index in [1.165, 1.54) is 5.56 Å². The van der Waals surface area contributed by atoms with Crippen LogP contribution in [0.4, 0.5) is 0 Å². The predicted octanol–water partition coefficient (Wildman–Crippen LogP) is 5.25. The van der Waals surface area contributed by atoms with Gasteiger partial charge in [-0.1, -0.05) is 26.0 Å². The Balaban J connectivity index is 1.93. The average Bonchev–Trinajstić information content (AvgIpc) is 2.67. The van der Waals surface area contributed by atoms with E-state index in [-0.39, 0.29) is 11.9 Å². The number of benzene rings is 2. The summed E-state index contributed by atoms with van der Waals surface area (Å²) < 4.78 is 10.7. The van der Waals surface area contributed by atoms with Crippen LogP contribution in [0, 0.1) is 6.92 Å². The molecule has 0 radical (unpaired) electrons. The van der Waals surface area contributed by atoms with Crippen molar-refractivity contribution in [3.05, 3.63) is 58.7 Å². The van der Waals surface area contributed by atoms with Gasteiger partial charge >= 0.3 is 0 Å². The van der Waals surface area contributed by atoms with Crippen LogP contribution in [0.5, 0.6) is 11.5 Å². The van der Waals surface area contributed by atoms with Crippen LogP contribution >= 0.6 is 11.8 Å². The third-order valence-corrected chi connectivity index (χ3v) is 5.75. The first-order valence-corrected chi connectivity index (χ1v) is 10.7. The molecule has 5 heteroatoms. The molecule has 1 N–H and O–H groups in total. The van der Waals surface area contributed by atoms with Crippen LogP contribution in [-0.2, 0) is 10.5 Å². The number of rotatable bonds is 9. The Labute approximate surface area is 173 Å². The highest BCUT2D eigenvalue weighted by Gasteiger charge is 2.16. The van der Waals surface area contributed by atoms with E-state index in [0.29, 0.717) is 11.7 Å². The van der Waals surface area contributed by atoms with E-state index < -0.39 is 0 Å². The molecular weight excluding hydrogens is 370 g/mol. The third-order valence-electron chi connectivity index (χ3n) is 4.75. The van der Waals surface area contributed by atoms with Gasteiger partial charge < -0.3 is 14.8 Å². The second-order valence-corrected chi connectivity index (χ2v) is 8.22. The van der Waals surface area contributed by atoms with Crippen LogP contribution in [0.25, 0.3) is 0 Å². The summed E-state index contributed by atoms with van der Waals surface area (Å²) in [7, 11) is 3.36. The molecule has 0 aliphatic rings. The van der Waals surface area contributed by atoms with Crippen LogP contribution in [0.2, 0.25) is 0 Å². The molecule has 2 aromatic rings. The first-order chi connectivity index (χ1) is 13.3. The van der Waals surface area contributed by atoms with Crippen molar-refractivity contribution in [1.29, 1.82) is 0 Å². The van der Waals surface area contributed by atoms with Gasteiger partial charge in [0.15, 0.2) is 0 Å². The molecule has 2 rings (SSSR count). The fraction of sp³-hybridized carbons (Fsp3) is 0.435. The first-order valence-electron chi connectivity index (χ1n) is 9.54. The first kappa shape index (κ1) is 22.2. The van der Waals surface area contributed by atoms with Crippen molar-refractivity contribution in [2.45, 2.75) is 45.4 Å². The van der Waals surface area contributed by atoms with Gasteiger partial charge in [0.2, 0.25) is 5.91 Å². The molecule has 28 heavy (non-hydrogen) atoms. The number of thioether (sulfide) groups is 1. The fourth-order valence-corrected chi connectivity index (χ4v) is 3.95. The van der Waals surface area contributed by atoms with E-state index in [1.807, 2.05) is 31.2 Å². The van der Waals surface area contributed by atoms with Crippen molar-refractivity contribution in [1.82, 2.24) is 5.32 Å². The van der Waals surface area contributed by atoms with Gasteiger partial charge in [-0.3, -0.25) is 4.79 Å². The van der Waals surface area contributed by atoms with Crippen molar-refractivity contribution >= 4 is 17.7 Å². The van der Waals surface area contributed by atoms with Crippen LogP contribution in [-0.4, -0.2) is 25.9 Å². The van der Waals surface area contributed by atoms with Gasteiger partial charge in [0.05, 0.1) is 26.0 Å². The Morgan fingerprint density at radius 3 is 2.29 bits per heavy atom. The highest BCUT2D eigenvalue weighted by atomic mass is 32.2. The minimum Gasteiger partial charge on any atom is -0.497 e. The summed E-state index contributed by atoms with van der Waals surface area (Å²) in [6.45, 7) is 8.39. The lowest BCUT2D eigenvalue weighted by Crippen LogP contribution is -2.28. The fourth-order valence-electron chi connectivity index (χ4n) is 3.15. The lowest BCUT2D eigenvalue weighted by Gasteiger charge is -2.21. The topological polar surface area (TPSA) is 47.6 Å². The summed E-state index contributed by atoms with van der Waals surface area (Å²) in [6.07, 6.45) is 0. The highest BCUT2D eigenvalue weighted by molar-refractivity contribution is 7.99. The van der Waals surface area contributed by atoms with Crippen molar-refractivity contribution in [3.8, 4) is 11.5 Å². The largest absolute Gasteiger partial charge is 0.497 e. The normalized spacial score (nSPS) is 12.0. The number of carbonyl (C=O) groups excluding carboxylic acids is 1. The SMILES string of the molecule is COc1ccc(CSCC(=O)N[C@@H](C)c2cc(C(C)C)c(OC)cc2C)cc1. The molecule has 2 aromatic carbocycles. The Kier molecular flexibility index (Phi) is 8.24. The molecule has 0 unspecified atom stereocenters. The van der Waals surface area contributed by atoms with Gasteiger partial charge in [-0.25, -0.2) is 0 Å². The number of hydrogen-bond donors (Lipinski definition) is 1. The molecule has 0 saturated carbocycles. The molecule has 0 bridgehead atoms. The summed E-state index contributed by atoms with van der Waals surface area (Å²) >= 11 is 1.61. The number of methoxy groups -OCH3 is 2. The molecule has 152 valence electrons. The van der Waals surface area contributed by atoms with Crippen molar-refractivity contribution in [2.75, 3.05) is 20.0 Å². The van der Waals surface area contributed by atoms with E-state index >= 15 is 0 Å². The van der Waals surface area contributed by atoms with Crippen LogP contribution in [0.1, 0.15) is 55.0 Å². The van der Waals surface area contributed by atoms with Crippen LogP contribution in [0.3, 0.4) is 0 Å². The van der Waals surface area contributed by atoms with Gasteiger partial charge in [-0.15, -0.1) is 11.8 Å². The van der Waals surface area contributed by atoms with Crippen LogP contribution < -0.4 is 14.8 Å². The van der Waals surface area contributed by atoms with Gasteiger partial charge in [-0.2, -0.15) is 0 Å². The molecule has 1 amide bonds. The standard InChI is InChI=1S/C23H31NO3S/c1-15(2)20-12-21(16(3)11-22(20)27-6)17(4)24-23(25)14-28-13-18-7-9-19(26-5)10-8-18/h7-12,15,17H,13-14H2,1-6H3,(H,24,25)/t17-/m0/s1.